The van der Waals surface area contributed by atoms with Gasteiger partial charge in [0, 0.05) is 30.1 Å². The Hall–Kier alpha value is -2.35. The average Bonchev–Trinajstić information content (AvgIpc) is 2.53. The van der Waals surface area contributed by atoms with Crippen LogP contribution in [-0.2, 0) is 11.2 Å². The van der Waals surface area contributed by atoms with Gasteiger partial charge in [0.1, 0.15) is 0 Å². The molecule has 1 atom stereocenters. The van der Waals surface area contributed by atoms with Crippen molar-refractivity contribution in [3.8, 4) is 11.8 Å². The number of aromatic nitrogens is 1. The van der Waals surface area contributed by atoms with Gasteiger partial charge < -0.3 is 15.6 Å². The highest BCUT2D eigenvalue weighted by atomic mass is 16.6. The molecule has 0 saturated carbocycles. The number of ether oxygens (including phenoxy) is 1. The lowest BCUT2D eigenvalue weighted by atomic mass is 10.1. The number of aryl methyl sites for hydroxylation is 1. The minimum absolute atomic E-state index is 0.532. The van der Waals surface area contributed by atoms with Gasteiger partial charge in [0.05, 0.1) is 5.69 Å². The van der Waals surface area contributed by atoms with Crippen molar-refractivity contribution in [1.29, 1.82) is 0 Å². The zero-order valence-corrected chi connectivity index (χ0v) is 12.1. The number of hydrogen-bond acceptors (Lipinski definition) is 4. The summed E-state index contributed by atoms with van der Waals surface area (Å²) in [5, 5.41) is 9.74. The van der Waals surface area contributed by atoms with E-state index in [9.17, 15) is 5.11 Å². The zero-order chi connectivity index (χ0) is 15.2. The highest BCUT2D eigenvalue weighted by Gasteiger charge is 2.12. The summed E-state index contributed by atoms with van der Waals surface area (Å²) in [5.74, 6) is 6.08. The van der Waals surface area contributed by atoms with E-state index in [0.29, 0.717) is 11.4 Å². The van der Waals surface area contributed by atoms with Crippen LogP contribution < -0.4 is 5.73 Å². The molecule has 21 heavy (non-hydrogen) atoms. The highest BCUT2D eigenvalue weighted by Crippen LogP contribution is 2.18. The summed E-state index contributed by atoms with van der Waals surface area (Å²) in [7, 11) is 1.44. The molecule has 0 aliphatic heterocycles. The van der Waals surface area contributed by atoms with Crippen LogP contribution in [0, 0.1) is 11.8 Å². The number of hydrogen-bond donors (Lipinski definition) is 2. The molecule has 0 aliphatic carbocycles. The molecule has 0 radical (unpaired) electrons. The van der Waals surface area contributed by atoms with E-state index in [0.717, 1.165) is 23.1 Å². The van der Waals surface area contributed by atoms with Crippen molar-refractivity contribution in [2.75, 3.05) is 12.8 Å². The molecule has 0 saturated heterocycles. The lowest BCUT2D eigenvalue weighted by Crippen LogP contribution is -2.06. The number of nitrogen functional groups attached to an aromatic ring is 1. The molecule has 3 N–H and O–H groups in total. The summed E-state index contributed by atoms with van der Waals surface area (Å²) in [6.45, 7) is 2.00. The fourth-order valence-electron chi connectivity index (χ4n) is 1.96. The summed E-state index contributed by atoms with van der Waals surface area (Å²) in [5.41, 5.74) is 9.52. The molecule has 2 rings (SSSR count). The van der Waals surface area contributed by atoms with E-state index in [1.54, 1.807) is 6.20 Å². The average molecular weight is 282 g/mol. The van der Waals surface area contributed by atoms with Gasteiger partial charge in [0.15, 0.2) is 6.29 Å². The summed E-state index contributed by atoms with van der Waals surface area (Å²) >= 11 is 0. The summed E-state index contributed by atoms with van der Waals surface area (Å²) < 4.78 is 4.90. The Morgan fingerprint density at radius 1 is 1.33 bits per heavy atom. The van der Waals surface area contributed by atoms with Crippen LogP contribution in [0.1, 0.15) is 35.6 Å². The van der Waals surface area contributed by atoms with Crippen molar-refractivity contribution in [3.63, 3.8) is 0 Å². The standard InChI is InChI=1S/C17H18N2O2/c1-3-13-10-12(11-19-16(13)17(20)21-2)8-9-14-6-4-5-7-15(14)18/h4-7,10-11,17,20H,3,18H2,1-2H3. The maximum Gasteiger partial charge on any atom is 0.198 e. The van der Waals surface area contributed by atoms with E-state index in [4.69, 9.17) is 10.5 Å². The van der Waals surface area contributed by atoms with Crippen LogP contribution in [0.15, 0.2) is 36.5 Å². The Balaban J connectivity index is 2.33. The van der Waals surface area contributed by atoms with Gasteiger partial charge in [-0.15, -0.1) is 0 Å². The van der Waals surface area contributed by atoms with Crippen LogP contribution in [0.3, 0.4) is 0 Å². The smallest absolute Gasteiger partial charge is 0.198 e. The van der Waals surface area contributed by atoms with E-state index in [-0.39, 0.29) is 0 Å². The van der Waals surface area contributed by atoms with Gasteiger partial charge in [0.2, 0.25) is 0 Å². The van der Waals surface area contributed by atoms with Crippen LogP contribution >= 0.6 is 0 Å². The van der Waals surface area contributed by atoms with Crippen molar-refractivity contribution in [3.05, 3.63) is 58.9 Å². The van der Waals surface area contributed by atoms with E-state index >= 15 is 0 Å². The molecule has 1 unspecified atom stereocenters. The van der Waals surface area contributed by atoms with Gasteiger partial charge in [-0.2, -0.15) is 0 Å². The molecule has 2 aromatic rings. The summed E-state index contributed by atoms with van der Waals surface area (Å²) in [6, 6.07) is 9.38. The minimum atomic E-state index is -1.01. The van der Waals surface area contributed by atoms with Crippen LogP contribution in [0.25, 0.3) is 0 Å². The van der Waals surface area contributed by atoms with Crippen molar-refractivity contribution >= 4 is 5.69 Å². The van der Waals surface area contributed by atoms with Gasteiger partial charge in [-0.1, -0.05) is 30.9 Å². The predicted molar refractivity (Wildman–Crippen MR) is 82.4 cm³/mol. The van der Waals surface area contributed by atoms with E-state index in [1.807, 2.05) is 37.3 Å². The molecular formula is C17H18N2O2. The van der Waals surface area contributed by atoms with Gasteiger partial charge in [-0.25, -0.2) is 0 Å². The molecule has 4 heteroatoms. The first kappa shape index (κ1) is 15.0. The molecule has 0 bridgehead atoms. The molecule has 108 valence electrons. The molecule has 0 spiro atoms. The van der Waals surface area contributed by atoms with Crippen LogP contribution in [0.2, 0.25) is 0 Å². The molecule has 4 nitrogen and oxygen atoms in total. The second-order valence-electron chi connectivity index (χ2n) is 4.55. The first-order valence-corrected chi connectivity index (χ1v) is 6.72. The number of pyridine rings is 1. The number of aliphatic hydroxyl groups is 1. The Morgan fingerprint density at radius 3 is 2.76 bits per heavy atom. The first-order valence-electron chi connectivity index (χ1n) is 6.72. The van der Waals surface area contributed by atoms with Crippen molar-refractivity contribution in [1.82, 2.24) is 4.98 Å². The molecule has 1 aromatic carbocycles. The van der Waals surface area contributed by atoms with Crippen LogP contribution in [0.4, 0.5) is 5.69 Å². The van der Waals surface area contributed by atoms with Gasteiger partial charge >= 0.3 is 0 Å². The SMILES string of the molecule is CCc1cc(C#Cc2ccccc2N)cnc1C(O)OC. The molecule has 1 heterocycles. The van der Waals surface area contributed by atoms with Crippen molar-refractivity contribution < 1.29 is 9.84 Å². The quantitative estimate of drug-likeness (QED) is 0.515. The van der Waals surface area contributed by atoms with Crippen LogP contribution in [-0.4, -0.2) is 17.2 Å². The van der Waals surface area contributed by atoms with Gasteiger partial charge in [-0.3, -0.25) is 4.98 Å². The number of nitrogens with zero attached hydrogens (tertiary/aromatic N) is 1. The number of anilines is 1. The number of benzene rings is 1. The van der Waals surface area contributed by atoms with Crippen molar-refractivity contribution in [2.24, 2.45) is 0 Å². The van der Waals surface area contributed by atoms with E-state index in [1.165, 1.54) is 7.11 Å². The lowest BCUT2D eigenvalue weighted by molar-refractivity contribution is -0.0804. The monoisotopic (exact) mass is 282 g/mol. The number of para-hydroxylation sites is 1. The number of aliphatic hydroxyl groups excluding tert-OH is 1. The van der Waals surface area contributed by atoms with E-state index < -0.39 is 6.29 Å². The molecule has 1 aromatic heterocycles. The van der Waals surface area contributed by atoms with Gasteiger partial charge in [-0.05, 0) is 30.2 Å². The van der Waals surface area contributed by atoms with Crippen molar-refractivity contribution in [2.45, 2.75) is 19.6 Å². The maximum atomic E-state index is 9.74. The molecule has 0 aliphatic rings. The number of methoxy groups -OCH3 is 1. The Morgan fingerprint density at radius 2 is 2.10 bits per heavy atom. The lowest BCUT2D eigenvalue weighted by Gasteiger charge is -2.12. The zero-order valence-electron chi connectivity index (χ0n) is 12.1. The fourth-order valence-corrected chi connectivity index (χ4v) is 1.96. The molecule has 0 fully saturated rings. The second-order valence-corrected chi connectivity index (χ2v) is 4.55. The third-order valence-electron chi connectivity index (χ3n) is 3.14. The normalized spacial score (nSPS) is 11.6. The third kappa shape index (κ3) is 3.60. The molecular weight excluding hydrogens is 264 g/mol. The fraction of sp³-hybridized carbons (Fsp3) is 0.235. The number of rotatable bonds is 3. The first-order chi connectivity index (χ1) is 10.2. The Bertz CT molecular complexity index is 687. The third-order valence-corrected chi connectivity index (χ3v) is 3.14. The largest absolute Gasteiger partial charge is 0.398 e. The second kappa shape index (κ2) is 6.89. The maximum absolute atomic E-state index is 9.74. The highest BCUT2D eigenvalue weighted by molar-refractivity contribution is 5.57. The summed E-state index contributed by atoms with van der Waals surface area (Å²) in [4.78, 5) is 4.25. The summed E-state index contributed by atoms with van der Waals surface area (Å²) in [6.07, 6.45) is 1.36. The minimum Gasteiger partial charge on any atom is -0.398 e. The topological polar surface area (TPSA) is 68.4 Å². The number of nitrogens with two attached hydrogens (primary N) is 1. The Labute approximate surface area is 124 Å². The Kier molecular flexibility index (Phi) is 4.94. The van der Waals surface area contributed by atoms with Crippen LogP contribution in [0.5, 0.6) is 0 Å². The van der Waals surface area contributed by atoms with Gasteiger partial charge in [0.25, 0.3) is 0 Å². The molecule has 0 amide bonds. The van der Waals surface area contributed by atoms with E-state index in [2.05, 4.69) is 16.8 Å². The predicted octanol–water partition coefficient (Wildman–Crippen LogP) is 2.26.